The van der Waals surface area contributed by atoms with E-state index in [1.807, 2.05) is 24.3 Å². The molecule has 0 heterocycles. The molecule has 0 aromatic heterocycles. The first-order chi connectivity index (χ1) is 12.5. The van der Waals surface area contributed by atoms with Crippen LogP contribution in [-0.2, 0) is 16.4 Å². The summed E-state index contributed by atoms with van der Waals surface area (Å²) >= 11 is 0. The summed E-state index contributed by atoms with van der Waals surface area (Å²) in [5, 5.41) is 2.64. The summed E-state index contributed by atoms with van der Waals surface area (Å²) < 4.78 is 32.4. The summed E-state index contributed by atoms with van der Waals surface area (Å²) in [7, 11) is -2.05. The van der Waals surface area contributed by atoms with E-state index in [9.17, 15) is 13.2 Å². The van der Waals surface area contributed by atoms with E-state index >= 15 is 0 Å². The van der Waals surface area contributed by atoms with Crippen molar-refractivity contribution in [2.24, 2.45) is 0 Å². The van der Waals surface area contributed by atoms with Gasteiger partial charge in [0.1, 0.15) is 5.75 Å². The molecule has 138 valence electrons. The van der Waals surface area contributed by atoms with Gasteiger partial charge in [0.25, 0.3) is 5.91 Å². The molecular weight excluding hydrogens is 352 g/mol. The number of carbonyl (C=O) groups is 1. The van der Waals surface area contributed by atoms with Gasteiger partial charge in [0.05, 0.1) is 12.0 Å². The standard InChI is InChI=1S/C19H22N2O4S/c1-3-12-20-19(22)16-7-9-18(10-8-16)26(23,24)21-13-11-15-5-4-6-17(14-15)25-2/h3-10,14,21H,1,11-13H2,2H3,(H,20,22). The molecule has 26 heavy (non-hydrogen) atoms. The molecule has 0 radical (unpaired) electrons. The van der Waals surface area contributed by atoms with E-state index in [4.69, 9.17) is 4.74 Å². The predicted molar refractivity (Wildman–Crippen MR) is 101 cm³/mol. The molecule has 1 amide bonds. The van der Waals surface area contributed by atoms with Crippen molar-refractivity contribution in [3.63, 3.8) is 0 Å². The average Bonchev–Trinajstić information content (AvgIpc) is 2.66. The highest BCUT2D eigenvalue weighted by Crippen LogP contribution is 2.14. The average molecular weight is 374 g/mol. The molecular formula is C19H22N2O4S. The largest absolute Gasteiger partial charge is 0.497 e. The maximum absolute atomic E-state index is 12.3. The van der Waals surface area contributed by atoms with Gasteiger partial charge < -0.3 is 10.1 Å². The zero-order chi connectivity index (χ0) is 19.0. The van der Waals surface area contributed by atoms with Crippen LogP contribution in [0.25, 0.3) is 0 Å². The van der Waals surface area contributed by atoms with Gasteiger partial charge in [-0.1, -0.05) is 18.2 Å². The van der Waals surface area contributed by atoms with Gasteiger partial charge in [0.15, 0.2) is 0 Å². The number of ether oxygens (including phenoxy) is 1. The first-order valence-corrected chi connectivity index (χ1v) is 9.56. The van der Waals surface area contributed by atoms with Crippen LogP contribution in [0.3, 0.4) is 0 Å². The van der Waals surface area contributed by atoms with Crippen LogP contribution in [0, 0.1) is 0 Å². The Kier molecular flexibility index (Phi) is 6.94. The number of amides is 1. The lowest BCUT2D eigenvalue weighted by Gasteiger charge is -2.09. The molecule has 0 bridgehead atoms. The molecule has 2 N–H and O–H groups in total. The zero-order valence-corrected chi connectivity index (χ0v) is 15.4. The Morgan fingerprint density at radius 1 is 1.19 bits per heavy atom. The quantitative estimate of drug-likeness (QED) is 0.659. The number of rotatable bonds is 9. The second-order valence-corrected chi connectivity index (χ2v) is 7.29. The number of methoxy groups -OCH3 is 1. The molecule has 0 atom stereocenters. The number of nitrogens with one attached hydrogen (secondary N) is 2. The Morgan fingerprint density at radius 3 is 2.58 bits per heavy atom. The number of hydrogen-bond acceptors (Lipinski definition) is 4. The number of sulfonamides is 1. The first kappa shape index (κ1) is 19.7. The topological polar surface area (TPSA) is 84.5 Å². The van der Waals surface area contributed by atoms with Gasteiger partial charge in [-0.3, -0.25) is 4.79 Å². The van der Waals surface area contributed by atoms with Gasteiger partial charge in [-0.25, -0.2) is 13.1 Å². The number of hydrogen-bond donors (Lipinski definition) is 2. The molecule has 0 spiro atoms. The van der Waals surface area contributed by atoms with Crippen LogP contribution in [0.5, 0.6) is 5.75 Å². The van der Waals surface area contributed by atoms with E-state index in [0.29, 0.717) is 18.5 Å². The van der Waals surface area contributed by atoms with Gasteiger partial charge in [-0.05, 0) is 48.4 Å². The van der Waals surface area contributed by atoms with Crippen LogP contribution in [0.1, 0.15) is 15.9 Å². The van der Waals surface area contributed by atoms with Crippen molar-refractivity contribution in [1.82, 2.24) is 10.0 Å². The molecule has 0 unspecified atom stereocenters. The summed E-state index contributed by atoms with van der Waals surface area (Å²) in [5.41, 5.74) is 1.36. The third-order valence-corrected chi connectivity index (χ3v) is 5.15. The maximum Gasteiger partial charge on any atom is 0.251 e. The predicted octanol–water partition coefficient (Wildman–Crippen LogP) is 2.13. The van der Waals surface area contributed by atoms with E-state index in [0.717, 1.165) is 11.3 Å². The van der Waals surface area contributed by atoms with Gasteiger partial charge >= 0.3 is 0 Å². The zero-order valence-electron chi connectivity index (χ0n) is 14.6. The lowest BCUT2D eigenvalue weighted by Crippen LogP contribution is -2.26. The highest BCUT2D eigenvalue weighted by Gasteiger charge is 2.14. The minimum atomic E-state index is -3.63. The van der Waals surface area contributed by atoms with Crippen molar-refractivity contribution in [1.29, 1.82) is 0 Å². The van der Waals surface area contributed by atoms with Crippen molar-refractivity contribution in [3.05, 3.63) is 72.3 Å². The van der Waals surface area contributed by atoms with Crippen LogP contribution < -0.4 is 14.8 Å². The minimum absolute atomic E-state index is 0.114. The fourth-order valence-corrected chi connectivity index (χ4v) is 3.33. The molecule has 2 aromatic carbocycles. The Labute approximate surface area is 153 Å². The van der Waals surface area contributed by atoms with Gasteiger partial charge in [0, 0.05) is 18.7 Å². The third-order valence-electron chi connectivity index (χ3n) is 3.67. The maximum atomic E-state index is 12.3. The monoisotopic (exact) mass is 374 g/mol. The van der Waals surface area contributed by atoms with Crippen molar-refractivity contribution >= 4 is 15.9 Å². The summed E-state index contributed by atoms with van der Waals surface area (Å²) in [6.07, 6.45) is 2.11. The van der Waals surface area contributed by atoms with E-state index in [-0.39, 0.29) is 17.3 Å². The van der Waals surface area contributed by atoms with Crippen LogP contribution in [0.15, 0.2) is 66.1 Å². The Morgan fingerprint density at radius 2 is 1.92 bits per heavy atom. The lowest BCUT2D eigenvalue weighted by atomic mass is 10.1. The van der Waals surface area contributed by atoms with Crippen molar-refractivity contribution in [3.8, 4) is 5.75 Å². The molecule has 0 saturated carbocycles. The highest BCUT2D eigenvalue weighted by molar-refractivity contribution is 7.89. The van der Waals surface area contributed by atoms with E-state index < -0.39 is 10.0 Å². The first-order valence-electron chi connectivity index (χ1n) is 8.08. The molecule has 0 saturated heterocycles. The van der Waals surface area contributed by atoms with Crippen LogP contribution in [0.2, 0.25) is 0 Å². The van der Waals surface area contributed by atoms with Gasteiger partial charge in [-0.2, -0.15) is 0 Å². The molecule has 0 aliphatic heterocycles. The fourth-order valence-electron chi connectivity index (χ4n) is 2.29. The lowest BCUT2D eigenvalue weighted by molar-refractivity contribution is 0.0958. The Bertz CT molecular complexity index is 861. The fraction of sp³-hybridized carbons (Fsp3) is 0.211. The smallest absolute Gasteiger partial charge is 0.251 e. The van der Waals surface area contributed by atoms with Crippen molar-refractivity contribution < 1.29 is 17.9 Å². The third kappa shape index (κ3) is 5.44. The van der Waals surface area contributed by atoms with Crippen LogP contribution in [0.4, 0.5) is 0 Å². The van der Waals surface area contributed by atoms with Gasteiger partial charge in [0.2, 0.25) is 10.0 Å². The second-order valence-electron chi connectivity index (χ2n) is 5.52. The summed E-state index contributed by atoms with van der Waals surface area (Å²) in [5.74, 6) is 0.454. The van der Waals surface area contributed by atoms with Crippen LogP contribution >= 0.6 is 0 Å². The minimum Gasteiger partial charge on any atom is -0.497 e. The number of carbonyl (C=O) groups excluding carboxylic acids is 1. The van der Waals surface area contributed by atoms with Crippen molar-refractivity contribution in [2.45, 2.75) is 11.3 Å². The van der Waals surface area contributed by atoms with E-state index in [2.05, 4.69) is 16.6 Å². The molecule has 0 aliphatic carbocycles. The second kappa shape index (κ2) is 9.17. The normalized spacial score (nSPS) is 11.0. The summed E-state index contributed by atoms with van der Waals surface area (Å²) in [6.45, 7) is 4.14. The number of benzene rings is 2. The molecule has 2 rings (SSSR count). The van der Waals surface area contributed by atoms with E-state index in [1.54, 1.807) is 13.2 Å². The SMILES string of the molecule is C=CCNC(=O)c1ccc(S(=O)(=O)NCCc2cccc(OC)c2)cc1. The van der Waals surface area contributed by atoms with Crippen LogP contribution in [-0.4, -0.2) is 34.5 Å². The van der Waals surface area contributed by atoms with E-state index in [1.165, 1.54) is 24.3 Å². The molecule has 7 heteroatoms. The Hall–Kier alpha value is -2.64. The van der Waals surface area contributed by atoms with Gasteiger partial charge in [-0.15, -0.1) is 6.58 Å². The molecule has 2 aromatic rings. The molecule has 0 fully saturated rings. The highest BCUT2D eigenvalue weighted by atomic mass is 32.2. The van der Waals surface area contributed by atoms with Crippen molar-refractivity contribution in [2.75, 3.05) is 20.2 Å². The molecule has 0 aliphatic rings. The summed E-state index contributed by atoms with van der Waals surface area (Å²) in [6, 6.07) is 13.3. The molecule has 6 nitrogen and oxygen atoms in total. The Balaban J connectivity index is 1.96. The summed E-state index contributed by atoms with van der Waals surface area (Å²) in [4.78, 5) is 11.9.